The zero-order valence-corrected chi connectivity index (χ0v) is 12.7. The maximum Gasteiger partial charge on any atom is 0.270 e. The lowest BCUT2D eigenvalue weighted by Crippen LogP contribution is -2.14. The fourth-order valence-corrected chi connectivity index (χ4v) is 1.58. The molecule has 0 bridgehead atoms. The molecule has 2 aromatic rings. The fourth-order valence-electron chi connectivity index (χ4n) is 1.04. The van der Waals surface area contributed by atoms with Crippen molar-refractivity contribution in [3.8, 4) is 12.1 Å². The summed E-state index contributed by atoms with van der Waals surface area (Å²) in [4.78, 5) is 24.8. The molecule has 2 rings (SSSR count). The maximum atomic E-state index is 10.5. The molecule has 0 saturated heterocycles. The van der Waals surface area contributed by atoms with Crippen LogP contribution in [0.4, 0.5) is 0 Å². The van der Waals surface area contributed by atoms with Crippen molar-refractivity contribution in [2.45, 2.75) is 0 Å². The largest absolute Gasteiger partial charge is 0.364 e. The Labute approximate surface area is 139 Å². The molecule has 22 heavy (non-hydrogen) atoms. The first-order chi connectivity index (χ1) is 10.4. The van der Waals surface area contributed by atoms with E-state index < -0.39 is 5.91 Å². The molecule has 0 fully saturated rings. The van der Waals surface area contributed by atoms with Crippen LogP contribution in [0.3, 0.4) is 0 Å². The second-order valence-electron chi connectivity index (χ2n) is 3.31. The van der Waals surface area contributed by atoms with E-state index in [1.54, 1.807) is 12.1 Å². The van der Waals surface area contributed by atoms with Gasteiger partial charge >= 0.3 is 0 Å². The maximum absolute atomic E-state index is 10.5. The molecule has 1 amide bonds. The molecule has 0 saturated carbocycles. The van der Waals surface area contributed by atoms with Crippen molar-refractivity contribution < 1.29 is 4.79 Å². The number of hydrogen-bond acceptors (Lipinski definition) is 7. The minimum Gasteiger partial charge on any atom is -0.364 e. The van der Waals surface area contributed by atoms with Crippen LogP contribution < -0.4 is 5.73 Å². The van der Waals surface area contributed by atoms with E-state index in [-0.39, 0.29) is 32.5 Å². The van der Waals surface area contributed by atoms with Gasteiger partial charge in [0.05, 0.1) is 12.4 Å². The molecule has 0 aliphatic carbocycles. The molecule has 0 radical (unpaired) electrons. The molecule has 0 spiro atoms. The van der Waals surface area contributed by atoms with Gasteiger partial charge in [-0.2, -0.15) is 10.5 Å². The minimum absolute atomic E-state index is 0.00287. The van der Waals surface area contributed by atoms with Crippen LogP contribution in [0.1, 0.15) is 21.9 Å². The van der Waals surface area contributed by atoms with Crippen LogP contribution in [0.25, 0.3) is 0 Å². The number of carbonyl (C=O) groups is 1. The number of rotatable bonds is 1. The Bertz CT molecular complexity index is 797. The quantitative estimate of drug-likeness (QED) is 0.819. The summed E-state index contributed by atoms with van der Waals surface area (Å²) in [6, 6.07) is 3.43. The summed E-state index contributed by atoms with van der Waals surface area (Å²) in [5.41, 5.74) is 4.78. The number of hydrogen-bond donors (Lipinski definition) is 1. The van der Waals surface area contributed by atoms with Gasteiger partial charge in [0.25, 0.3) is 5.91 Å². The van der Waals surface area contributed by atoms with Gasteiger partial charge in [-0.25, -0.2) is 19.9 Å². The molecule has 0 atom stereocenters. The van der Waals surface area contributed by atoms with E-state index in [0.29, 0.717) is 0 Å². The molecule has 2 aromatic heterocycles. The zero-order valence-electron chi connectivity index (χ0n) is 10.5. The summed E-state index contributed by atoms with van der Waals surface area (Å²) in [6.45, 7) is 0. The van der Waals surface area contributed by atoms with E-state index in [9.17, 15) is 4.79 Å². The Morgan fingerprint density at radius 1 is 1.00 bits per heavy atom. The molecule has 0 aromatic carbocycles. The molecule has 0 unspecified atom stereocenters. The van der Waals surface area contributed by atoms with Gasteiger partial charge in [0, 0.05) is 0 Å². The van der Waals surface area contributed by atoms with Gasteiger partial charge < -0.3 is 5.73 Å². The molecular weight excluding hydrogens is 353 g/mol. The number of carbonyl (C=O) groups excluding carboxylic acids is 1. The Balaban J connectivity index is 0.000000220. The summed E-state index contributed by atoms with van der Waals surface area (Å²) in [6.07, 6.45) is 2.43. The number of primary amides is 1. The number of nitrogens with zero attached hydrogens (tertiary/aromatic N) is 6. The highest BCUT2D eigenvalue weighted by atomic mass is 35.5. The van der Waals surface area contributed by atoms with E-state index in [0.717, 1.165) is 0 Å². The molecule has 8 nitrogen and oxygen atoms in total. The van der Waals surface area contributed by atoms with Crippen molar-refractivity contribution >= 4 is 40.7 Å². The van der Waals surface area contributed by atoms with Crippen LogP contribution in [0, 0.1) is 22.7 Å². The molecule has 110 valence electrons. The predicted molar refractivity (Wildman–Crippen MR) is 77.0 cm³/mol. The lowest BCUT2D eigenvalue weighted by atomic mass is 10.3. The van der Waals surface area contributed by atoms with Crippen LogP contribution in [-0.4, -0.2) is 25.8 Å². The predicted octanol–water partition coefficient (Wildman–Crippen LogP) is 1.76. The first-order valence-corrected chi connectivity index (χ1v) is 6.33. The van der Waals surface area contributed by atoms with Gasteiger partial charge in [0.15, 0.2) is 22.2 Å². The van der Waals surface area contributed by atoms with E-state index in [2.05, 4.69) is 19.9 Å². The van der Waals surface area contributed by atoms with Crippen molar-refractivity contribution in [3.63, 3.8) is 0 Å². The van der Waals surface area contributed by atoms with Crippen molar-refractivity contribution in [1.29, 1.82) is 10.5 Å². The van der Waals surface area contributed by atoms with Crippen LogP contribution in [0.2, 0.25) is 15.5 Å². The number of aromatic nitrogens is 4. The van der Waals surface area contributed by atoms with Gasteiger partial charge in [-0.05, 0) is 0 Å². The van der Waals surface area contributed by atoms with Crippen molar-refractivity contribution in [3.05, 3.63) is 44.9 Å². The smallest absolute Gasteiger partial charge is 0.270 e. The van der Waals surface area contributed by atoms with Crippen LogP contribution >= 0.6 is 34.8 Å². The van der Waals surface area contributed by atoms with Gasteiger partial charge in [-0.1, -0.05) is 34.8 Å². The first kappa shape index (κ1) is 17.5. The van der Waals surface area contributed by atoms with E-state index in [1.165, 1.54) is 12.4 Å². The summed E-state index contributed by atoms with van der Waals surface area (Å²) in [7, 11) is 0. The van der Waals surface area contributed by atoms with Gasteiger partial charge in [0.2, 0.25) is 0 Å². The van der Waals surface area contributed by atoms with Crippen molar-refractivity contribution in [2.75, 3.05) is 0 Å². The van der Waals surface area contributed by atoms with Crippen LogP contribution in [0.15, 0.2) is 12.4 Å². The molecule has 11 heteroatoms. The average molecular weight is 357 g/mol. The summed E-state index contributed by atoms with van der Waals surface area (Å²) >= 11 is 16.3. The topological polar surface area (TPSA) is 142 Å². The molecular formula is C11H4Cl3N7O. The standard InChI is InChI=1S/C6HClN4.C5H3Cl2N3O/c7-6-3-10-4(1-8)5(2-9)11-6;6-2-1-9-3(5(8)11)4(7)10-2/h3H;1H,(H2,8,11). The SMILES string of the molecule is N#Cc1ncc(Cl)nc1C#N.NC(=O)c1ncc(Cl)nc1Cl. The van der Waals surface area contributed by atoms with E-state index in [4.69, 9.17) is 51.1 Å². The number of halogens is 3. The molecule has 0 aliphatic heterocycles. The number of nitriles is 2. The van der Waals surface area contributed by atoms with Gasteiger partial charge in [0.1, 0.15) is 22.4 Å². The third-order valence-electron chi connectivity index (χ3n) is 1.89. The second kappa shape index (κ2) is 8.05. The Hall–Kier alpha value is -2.52. The normalized spacial score (nSPS) is 8.95. The highest BCUT2D eigenvalue weighted by Gasteiger charge is 2.09. The zero-order chi connectivity index (χ0) is 16.7. The minimum atomic E-state index is -0.723. The van der Waals surface area contributed by atoms with E-state index >= 15 is 0 Å². The Morgan fingerprint density at radius 3 is 2.05 bits per heavy atom. The Morgan fingerprint density at radius 2 is 1.55 bits per heavy atom. The van der Waals surface area contributed by atoms with Crippen LogP contribution in [0.5, 0.6) is 0 Å². The van der Waals surface area contributed by atoms with Gasteiger partial charge in [-0.15, -0.1) is 0 Å². The van der Waals surface area contributed by atoms with Crippen molar-refractivity contribution in [1.82, 2.24) is 19.9 Å². The monoisotopic (exact) mass is 355 g/mol. The fraction of sp³-hybridized carbons (Fsp3) is 0. The summed E-state index contributed by atoms with van der Waals surface area (Å²) < 4.78 is 0. The summed E-state index contributed by atoms with van der Waals surface area (Å²) in [5.74, 6) is -0.723. The lowest BCUT2D eigenvalue weighted by Gasteiger charge is -1.95. The Kier molecular flexibility index (Phi) is 6.42. The molecule has 0 aliphatic rings. The third kappa shape index (κ3) is 4.79. The highest BCUT2D eigenvalue weighted by Crippen LogP contribution is 2.12. The van der Waals surface area contributed by atoms with Gasteiger partial charge in [-0.3, -0.25) is 4.79 Å². The second-order valence-corrected chi connectivity index (χ2v) is 4.44. The van der Waals surface area contributed by atoms with Crippen molar-refractivity contribution in [2.24, 2.45) is 5.73 Å². The lowest BCUT2D eigenvalue weighted by molar-refractivity contribution is 0.0995. The van der Waals surface area contributed by atoms with Crippen LogP contribution in [-0.2, 0) is 0 Å². The average Bonchev–Trinajstić information content (AvgIpc) is 2.47. The molecule has 2 N–H and O–H groups in total. The first-order valence-electron chi connectivity index (χ1n) is 5.19. The highest BCUT2D eigenvalue weighted by molar-refractivity contribution is 6.34. The van der Waals surface area contributed by atoms with E-state index in [1.807, 2.05) is 0 Å². The summed E-state index contributed by atoms with van der Waals surface area (Å²) in [5, 5.41) is 17.0. The number of nitrogens with two attached hydrogens (primary N) is 1. The number of amides is 1. The molecule has 2 heterocycles. The third-order valence-corrected chi connectivity index (χ3v) is 2.52.